The first-order valence-corrected chi connectivity index (χ1v) is 11.4. The molecule has 2 fully saturated rings. The zero-order chi connectivity index (χ0) is 20.8. The van der Waals surface area contributed by atoms with Gasteiger partial charge in [-0.25, -0.2) is 4.79 Å². The number of ether oxygens (including phenoxy) is 1. The highest BCUT2D eigenvalue weighted by Gasteiger charge is 2.45. The molecular weight excluding hydrogens is 388 g/mol. The lowest BCUT2D eigenvalue weighted by molar-refractivity contribution is -0.152. The Morgan fingerprint density at radius 2 is 1.97 bits per heavy atom. The highest BCUT2D eigenvalue weighted by molar-refractivity contribution is 7.99. The second-order valence-corrected chi connectivity index (χ2v) is 9.25. The Morgan fingerprint density at radius 1 is 1.21 bits per heavy atom. The van der Waals surface area contributed by atoms with Crippen molar-refractivity contribution in [2.75, 3.05) is 5.75 Å². The van der Waals surface area contributed by atoms with E-state index in [0.717, 1.165) is 18.6 Å². The average Bonchev–Trinajstić information content (AvgIpc) is 3.35. The first kappa shape index (κ1) is 22.1. The molecule has 0 spiro atoms. The molecule has 3 rings (SSSR count). The Morgan fingerprint density at radius 3 is 2.69 bits per heavy atom. The maximum atomic E-state index is 11.7. The van der Waals surface area contributed by atoms with Crippen LogP contribution >= 0.6 is 11.8 Å². The summed E-state index contributed by atoms with van der Waals surface area (Å²) in [5.74, 6) is -0.00490. The molecule has 2 N–H and O–H groups in total. The minimum atomic E-state index is -1.94. The van der Waals surface area contributed by atoms with Crippen molar-refractivity contribution < 1.29 is 24.5 Å². The van der Waals surface area contributed by atoms with Crippen LogP contribution in [0.1, 0.15) is 44.9 Å². The van der Waals surface area contributed by atoms with Gasteiger partial charge in [0.25, 0.3) is 0 Å². The van der Waals surface area contributed by atoms with E-state index in [2.05, 4.69) is 30.8 Å². The third-order valence-electron chi connectivity index (χ3n) is 6.03. The third kappa shape index (κ3) is 6.43. The zero-order valence-corrected chi connectivity index (χ0v) is 17.5. The number of carbonyl (C=O) groups excluding carboxylic acids is 1. The molecule has 1 aliphatic heterocycles. The standard InChI is InChI=1S/C23H30O5S/c1-15-10-11-16(7-5-6-12-29-17-8-3-2-4-9-17)18(15)13-20-21(28-20)14-19(24)22(25)23(26)27/h2-4,8-9,16,18,20-22,25H,1,5-7,10-14H2,(H,26,27)/t16-,18-,20+,21?,22?/m0/s1. The highest BCUT2D eigenvalue weighted by atomic mass is 32.2. The van der Waals surface area contributed by atoms with Crippen LogP contribution in [0.5, 0.6) is 0 Å². The molecule has 6 heteroatoms. The number of epoxide rings is 1. The van der Waals surface area contributed by atoms with Gasteiger partial charge in [0.05, 0.1) is 12.2 Å². The van der Waals surface area contributed by atoms with Gasteiger partial charge in [0.2, 0.25) is 6.10 Å². The summed E-state index contributed by atoms with van der Waals surface area (Å²) in [5, 5.41) is 18.0. The zero-order valence-electron chi connectivity index (χ0n) is 16.7. The Labute approximate surface area is 176 Å². The first-order chi connectivity index (χ1) is 14.0. The van der Waals surface area contributed by atoms with Crippen LogP contribution in [0.15, 0.2) is 47.4 Å². The number of aliphatic carboxylic acids is 1. The van der Waals surface area contributed by atoms with Crippen LogP contribution < -0.4 is 0 Å². The van der Waals surface area contributed by atoms with Crippen molar-refractivity contribution in [3.8, 4) is 0 Å². The Kier molecular flexibility index (Phi) is 7.92. The fraction of sp³-hybridized carbons (Fsp3) is 0.565. The lowest BCUT2D eigenvalue weighted by Gasteiger charge is -2.19. The number of Topliss-reactive ketones (excluding diaryl/α,β-unsaturated/α-hetero) is 1. The molecule has 0 radical (unpaired) electrons. The van der Waals surface area contributed by atoms with E-state index in [1.165, 1.54) is 36.2 Å². The number of unbranched alkanes of at least 4 members (excludes halogenated alkanes) is 1. The van der Waals surface area contributed by atoms with Gasteiger partial charge < -0.3 is 14.9 Å². The van der Waals surface area contributed by atoms with E-state index in [4.69, 9.17) is 9.84 Å². The van der Waals surface area contributed by atoms with Crippen molar-refractivity contribution >= 4 is 23.5 Å². The Balaban J connectivity index is 1.36. The molecule has 5 nitrogen and oxygen atoms in total. The molecule has 1 saturated heterocycles. The number of benzene rings is 1. The maximum Gasteiger partial charge on any atom is 0.340 e. The average molecular weight is 419 g/mol. The number of thioether (sulfide) groups is 1. The summed E-state index contributed by atoms with van der Waals surface area (Å²) in [4.78, 5) is 23.7. The van der Waals surface area contributed by atoms with Gasteiger partial charge in [0.1, 0.15) is 0 Å². The molecule has 2 aliphatic rings. The molecular formula is C23H30O5S. The minimum Gasteiger partial charge on any atom is -0.479 e. The molecule has 0 bridgehead atoms. The van der Waals surface area contributed by atoms with E-state index in [1.807, 2.05) is 17.8 Å². The lowest BCUT2D eigenvalue weighted by atomic mass is 9.85. The fourth-order valence-corrected chi connectivity index (χ4v) is 5.21. The molecule has 1 aromatic carbocycles. The van der Waals surface area contributed by atoms with Gasteiger partial charge in [-0.2, -0.15) is 0 Å². The number of carboxylic acid groups (broad SMARTS) is 1. The van der Waals surface area contributed by atoms with E-state index >= 15 is 0 Å². The number of hydrogen-bond acceptors (Lipinski definition) is 5. The largest absolute Gasteiger partial charge is 0.479 e. The summed E-state index contributed by atoms with van der Waals surface area (Å²) >= 11 is 1.90. The minimum absolute atomic E-state index is 0.0177. The normalized spacial score (nSPS) is 27.0. The molecule has 1 heterocycles. The molecule has 1 saturated carbocycles. The molecule has 0 aromatic heterocycles. The molecule has 158 valence electrons. The number of hydrogen-bond donors (Lipinski definition) is 2. The number of carbonyl (C=O) groups is 2. The van der Waals surface area contributed by atoms with Crippen molar-refractivity contribution in [1.82, 2.24) is 0 Å². The van der Waals surface area contributed by atoms with Crippen LogP contribution in [0.3, 0.4) is 0 Å². The molecule has 5 atom stereocenters. The Bertz CT molecular complexity index is 719. The molecule has 2 unspecified atom stereocenters. The van der Waals surface area contributed by atoms with Crippen LogP contribution in [0.25, 0.3) is 0 Å². The summed E-state index contributed by atoms with van der Waals surface area (Å²) in [6, 6.07) is 10.5. The van der Waals surface area contributed by atoms with Crippen LogP contribution in [-0.4, -0.2) is 46.0 Å². The van der Waals surface area contributed by atoms with Crippen LogP contribution in [0.4, 0.5) is 0 Å². The summed E-state index contributed by atoms with van der Waals surface area (Å²) in [6.45, 7) is 4.24. The number of allylic oxidation sites excluding steroid dienone is 1. The lowest BCUT2D eigenvalue weighted by Crippen LogP contribution is -2.30. The predicted octanol–water partition coefficient (Wildman–Crippen LogP) is 4.09. The van der Waals surface area contributed by atoms with E-state index in [-0.39, 0.29) is 18.6 Å². The van der Waals surface area contributed by atoms with Crippen molar-refractivity contribution in [1.29, 1.82) is 0 Å². The molecule has 0 amide bonds. The smallest absolute Gasteiger partial charge is 0.340 e. The van der Waals surface area contributed by atoms with Crippen molar-refractivity contribution in [2.24, 2.45) is 11.8 Å². The quantitative estimate of drug-likeness (QED) is 0.175. The summed E-state index contributed by atoms with van der Waals surface area (Å²) in [7, 11) is 0. The SMILES string of the molecule is C=C1CC[C@H](CCCCSc2ccccc2)[C@H]1C[C@H]1OC1CC(=O)C(O)C(=O)O. The number of rotatable bonds is 12. The van der Waals surface area contributed by atoms with Gasteiger partial charge in [0.15, 0.2) is 5.78 Å². The molecule has 29 heavy (non-hydrogen) atoms. The van der Waals surface area contributed by atoms with Crippen LogP contribution in [-0.2, 0) is 14.3 Å². The topological polar surface area (TPSA) is 87.1 Å². The first-order valence-electron chi connectivity index (χ1n) is 10.4. The van der Waals surface area contributed by atoms with Crippen molar-refractivity contribution in [2.45, 2.75) is 68.2 Å². The van der Waals surface area contributed by atoms with Gasteiger partial charge >= 0.3 is 5.97 Å². The van der Waals surface area contributed by atoms with E-state index in [0.29, 0.717) is 11.8 Å². The number of carboxylic acids is 1. The highest BCUT2D eigenvalue weighted by Crippen LogP contribution is 2.45. The van der Waals surface area contributed by atoms with Gasteiger partial charge in [-0.05, 0) is 61.8 Å². The summed E-state index contributed by atoms with van der Waals surface area (Å²) < 4.78 is 5.60. The van der Waals surface area contributed by atoms with Crippen LogP contribution in [0, 0.1) is 11.8 Å². The molecule has 1 aromatic rings. The maximum absolute atomic E-state index is 11.7. The van der Waals surface area contributed by atoms with Gasteiger partial charge in [-0.1, -0.05) is 36.8 Å². The monoisotopic (exact) mass is 418 g/mol. The van der Waals surface area contributed by atoms with Gasteiger partial charge in [0, 0.05) is 11.3 Å². The summed E-state index contributed by atoms with van der Waals surface area (Å²) in [5.41, 5.74) is 1.28. The second kappa shape index (κ2) is 10.4. The van der Waals surface area contributed by atoms with E-state index in [9.17, 15) is 14.7 Å². The molecule has 1 aliphatic carbocycles. The third-order valence-corrected chi connectivity index (χ3v) is 7.12. The number of aliphatic hydroxyl groups excluding tert-OH is 1. The Hall–Kier alpha value is -1.63. The van der Waals surface area contributed by atoms with Gasteiger partial charge in [-0.3, -0.25) is 4.79 Å². The van der Waals surface area contributed by atoms with Crippen molar-refractivity contribution in [3.63, 3.8) is 0 Å². The fourth-order valence-electron chi connectivity index (χ4n) is 4.27. The van der Waals surface area contributed by atoms with E-state index < -0.39 is 17.9 Å². The van der Waals surface area contributed by atoms with Crippen molar-refractivity contribution in [3.05, 3.63) is 42.5 Å². The number of aliphatic hydroxyl groups is 1. The number of ketones is 1. The van der Waals surface area contributed by atoms with Gasteiger partial charge in [-0.15, -0.1) is 11.8 Å². The predicted molar refractivity (Wildman–Crippen MR) is 113 cm³/mol. The van der Waals surface area contributed by atoms with Crippen LogP contribution in [0.2, 0.25) is 0 Å². The summed E-state index contributed by atoms with van der Waals surface area (Å²) in [6.07, 6.45) is 4.42. The second-order valence-electron chi connectivity index (χ2n) is 8.08. The van der Waals surface area contributed by atoms with E-state index in [1.54, 1.807) is 0 Å².